The molecule has 0 saturated heterocycles. The summed E-state index contributed by atoms with van der Waals surface area (Å²) in [5.41, 5.74) is 0.725. The second-order valence-electron chi connectivity index (χ2n) is 5.35. The molecule has 6 nitrogen and oxygen atoms in total. The minimum absolute atomic E-state index is 0.00229. The first-order valence-electron chi connectivity index (χ1n) is 7.56. The standard InChI is InChI=1S/C19H14FNO5/c1-25-13-6-7-14(15(20)10-13)16-8-9-17(26-16)18(22)21-12-4-2-11(3-5-12)19(23)24/h2-10H,1H3,(H,21,22)(H,23,24). The molecule has 0 fully saturated rings. The van der Waals surface area contributed by atoms with Crippen LogP contribution in [-0.2, 0) is 0 Å². The predicted molar refractivity (Wildman–Crippen MR) is 92.0 cm³/mol. The summed E-state index contributed by atoms with van der Waals surface area (Å²) in [6.07, 6.45) is 0. The fraction of sp³-hybridized carbons (Fsp3) is 0.0526. The van der Waals surface area contributed by atoms with Crippen molar-refractivity contribution in [2.24, 2.45) is 0 Å². The number of carboxylic acid groups (broad SMARTS) is 1. The van der Waals surface area contributed by atoms with Crippen molar-refractivity contribution < 1.29 is 28.2 Å². The van der Waals surface area contributed by atoms with Crippen LogP contribution in [0.15, 0.2) is 59.0 Å². The lowest BCUT2D eigenvalue weighted by Gasteiger charge is -2.04. The van der Waals surface area contributed by atoms with E-state index in [1.54, 1.807) is 6.07 Å². The largest absolute Gasteiger partial charge is 0.497 e. The minimum Gasteiger partial charge on any atom is -0.497 e. The van der Waals surface area contributed by atoms with Crippen LogP contribution >= 0.6 is 0 Å². The molecular weight excluding hydrogens is 341 g/mol. The molecule has 0 aliphatic rings. The lowest BCUT2D eigenvalue weighted by molar-refractivity contribution is 0.0696. The van der Waals surface area contributed by atoms with Gasteiger partial charge >= 0.3 is 5.97 Å². The highest BCUT2D eigenvalue weighted by Crippen LogP contribution is 2.28. The highest BCUT2D eigenvalue weighted by Gasteiger charge is 2.15. The molecule has 0 unspecified atom stereocenters. The Morgan fingerprint density at radius 3 is 2.42 bits per heavy atom. The molecule has 0 spiro atoms. The van der Waals surface area contributed by atoms with E-state index in [4.69, 9.17) is 14.3 Å². The Labute approximate surface area is 147 Å². The number of aromatic carboxylic acids is 1. The zero-order valence-corrected chi connectivity index (χ0v) is 13.7. The molecular formula is C19H14FNO5. The molecule has 0 aliphatic carbocycles. The van der Waals surface area contributed by atoms with Crippen molar-refractivity contribution in [3.63, 3.8) is 0 Å². The van der Waals surface area contributed by atoms with Gasteiger partial charge in [-0.1, -0.05) is 0 Å². The number of halogens is 1. The van der Waals surface area contributed by atoms with Crippen LogP contribution in [0.3, 0.4) is 0 Å². The summed E-state index contributed by atoms with van der Waals surface area (Å²) in [4.78, 5) is 23.0. The topological polar surface area (TPSA) is 88.8 Å². The van der Waals surface area contributed by atoms with Crippen molar-refractivity contribution in [3.8, 4) is 17.1 Å². The van der Waals surface area contributed by atoms with Crippen molar-refractivity contribution >= 4 is 17.6 Å². The van der Waals surface area contributed by atoms with Gasteiger partial charge in [-0.05, 0) is 48.5 Å². The Hall–Kier alpha value is -3.61. The molecule has 0 aliphatic heterocycles. The van der Waals surface area contributed by atoms with Crippen LogP contribution in [0.25, 0.3) is 11.3 Å². The fourth-order valence-corrected chi connectivity index (χ4v) is 2.32. The number of furan rings is 1. The third-order valence-electron chi connectivity index (χ3n) is 3.66. The number of rotatable bonds is 5. The van der Waals surface area contributed by atoms with E-state index in [0.717, 1.165) is 0 Å². The van der Waals surface area contributed by atoms with Gasteiger partial charge in [-0.2, -0.15) is 0 Å². The first-order valence-corrected chi connectivity index (χ1v) is 7.56. The van der Waals surface area contributed by atoms with Gasteiger partial charge in [-0.15, -0.1) is 0 Å². The lowest BCUT2D eigenvalue weighted by atomic mass is 10.1. The van der Waals surface area contributed by atoms with Crippen LogP contribution < -0.4 is 10.1 Å². The Morgan fingerprint density at radius 2 is 1.81 bits per heavy atom. The molecule has 3 aromatic rings. The van der Waals surface area contributed by atoms with E-state index in [1.807, 2.05) is 0 Å². The van der Waals surface area contributed by atoms with Crippen LogP contribution in [0, 0.1) is 5.82 Å². The molecule has 0 atom stereocenters. The van der Waals surface area contributed by atoms with Crippen LogP contribution in [-0.4, -0.2) is 24.1 Å². The smallest absolute Gasteiger partial charge is 0.335 e. The van der Waals surface area contributed by atoms with Gasteiger partial charge in [0.1, 0.15) is 17.3 Å². The number of hydrogen-bond acceptors (Lipinski definition) is 4. The van der Waals surface area contributed by atoms with Crippen LogP contribution in [0.5, 0.6) is 5.75 Å². The second-order valence-corrected chi connectivity index (χ2v) is 5.35. The molecule has 2 N–H and O–H groups in total. The number of ether oxygens (including phenoxy) is 1. The minimum atomic E-state index is -1.06. The van der Waals surface area contributed by atoms with Crippen LogP contribution in [0.4, 0.5) is 10.1 Å². The van der Waals surface area contributed by atoms with E-state index in [0.29, 0.717) is 11.4 Å². The number of anilines is 1. The normalized spacial score (nSPS) is 10.4. The summed E-state index contributed by atoms with van der Waals surface area (Å²) in [6, 6.07) is 12.9. The van der Waals surface area contributed by atoms with Gasteiger partial charge in [0.05, 0.1) is 18.2 Å². The summed E-state index contributed by atoms with van der Waals surface area (Å²) in [5.74, 6) is -1.54. The van der Waals surface area contributed by atoms with Crippen molar-refractivity contribution in [3.05, 3.63) is 71.7 Å². The molecule has 0 saturated carbocycles. The molecule has 0 radical (unpaired) electrons. The number of carbonyl (C=O) groups is 2. The molecule has 1 amide bonds. The zero-order chi connectivity index (χ0) is 18.7. The molecule has 3 rings (SSSR count). The molecule has 1 aromatic heterocycles. The summed E-state index contributed by atoms with van der Waals surface area (Å²) in [7, 11) is 1.44. The quantitative estimate of drug-likeness (QED) is 0.721. The molecule has 2 aromatic carbocycles. The van der Waals surface area contributed by atoms with Gasteiger partial charge in [0.25, 0.3) is 5.91 Å². The number of nitrogens with one attached hydrogen (secondary N) is 1. The van der Waals surface area contributed by atoms with E-state index >= 15 is 0 Å². The number of carbonyl (C=O) groups excluding carboxylic acids is 1. The maximum absolute atomic E-state index is 14.1. The van der Waals surface area contributed by atoms with E-state index in [2.05, 4.69) is 5.32 Å². The van der Waals surface area contributed by atoms with Gasteiger partial charge in [-0.3, -0.25) is 4.79 Å². The first kappa shape index (κ1) is 17.2. The number of carboxylic acids is 1. The molecule has 132 valence electrons. The van der Waals surface area contributed by atoms with Crippen LogP contribution in [0.2, 0.25) is 0 Å². The number of methoxy groups -OCH3 is 1. The van der Waals surface area contributed by atoms with Gasteiger partial charge in [-0.25, -0.2) is 9.18 Å². The van der Waals surface area contributed by atoms with Gasteiger partial charge in [0.15, 0.2) is 5.76 Å². The summed E-state index contributed by atoms with van der Waals surface area (Å²) in [5, 5.41) is 11.4. The zero-order valence-electron chi connectivity index (χ0n) is 13.7. The Morgan fingerprint density at radius 1 is 1.08 bits per heavy atom. The Kier molecular flexibility index (Phi) is 4.70. The summed E-state index contributed by atoms with van der Waals surface area (Å²) < 4.78 is 24.5. The Balaban J connectivity index is 1.76. The van der Waals surface area contributed by atoms with Crippen molar-refractivity contribution in [1.29, 1.82) is 0 Å². The fourth-order valence-electron chi connectivity index (χ4n) is 2.32. The number of hydrogen-bond donors (Lipinski definition) is 2. The molecule has 0 bridgehead atoms. The maximum atomic E-state index is 14.1. The van der Waals surface area contributed by atoms with Crippen molar-refractivity contribution in [2.45, 2.75) is 0 Å². The summed E-state index contributed by atoms with van der Waals surface area (Å²) in [6.45, 7) is 0. The highest BCUT2D eigenvalue weighted by atomic mass is 19.1. The average molecular weight is 355 g/mol. The third kappa shape index (κ3) is 3.56. The average Bonchev–Trinajstić information content (AvgIpc) is 3.12. The first-order chi connectivity index (χ1) is 12.5. The van der Waals surface area contributed by atoms with Crippen molar-refractivity contribution in [1.82, 2.24) is 0 Å². The maximum Gasteiger partial charge on any atom is 0.335 e. The number of benzene rings is 2. The van der Waals surface area contributed by atoms with E-state index in [9.17, 15) is 14.0 Å². The monoisotopic (exact) mass is 355 g/mol. The van der Waals surface area contributed by atoms with E-state index in [-0.39, 0.29) is 22.6 Å². The van der Waals surface area contributed by atoms with Gasteiger partial charge < -0.3 is 19.6 Å². The van der Waals surface area contributed by atoms with E-state index < -0.39 is 17.7 Å². The van der Waals surface area contributed by atoms with Gasteiger partial charge in [0.2, 0.25) is 0 Å². The number of amides is 1. The SMILES string of the molecule is COc1ccc(-c2ccc(C(=O)Nc3ccc(C(=O)O)cc3)o2)c(F)c1. The molecule has 1 heterocycles. The third-order valence-corrected chi connectivity index (χ3v) is 3.66. The van der Waals surface area contributed by atoms with Crippen molar-refractivity contribution in [2.75, 3.05) is 12.4 Å². The van der Waals surface area contributed by atoms with Crippen LogP contribution in [0.1, 0.15) is 20.9 Å². The predicted octanol–water partition coefficient (Wildman–Crippen LogP) is 4.04. The Bertz CT molecular complexity index is 962. The molecule has 7 heteroatoms. The van der Waals surface area contributed by atoms with E-state index in [1.165, 1.54) is 55.6 Å². The molecule has 26 heavy (non-hydrogen) atoms. The second kappa shape index (κ2) is 7.10. The van der Waals surface area contributed by atoms with Gasteiger partial charge in [0, 0.05) is 11.8 Å². The highest BCUT2D eigenvalue weighted by molar-refractivity contribution is 6.02. The summed E-state index contributed by atoms with van der Waals surface area (Å²) >= 11 is 0. The lowest BCUT2D eigenvalue weighted by Crippen LogP contribution is -2.11.